The van der Waals surface area contributed by atoms with E-state index in [9.17, 15) is 14.7 Å². The third-order valence-electron chi connectivity index (χ3n) is 4.13. The fourth-order valence-electron chi connectivity index (χ4n) is 2.64. The van der Waals surface area contributed by atoms with Crippen molar-refractivity contribution >= 4 is 28.3 Å². The number of carbonyl (C=O) groups is 2. The maximum absolute atomic E-state index is 12.3. The molecular weight excluding hydrogens is 306 g/mol. The van der Waals surface area contributed by atoms with Crippen molar-refractivity contribution in [1.82, 2.24) is 10.2 Å². The molecule has 1 aliphatic rings. The van der Waals surface area contributed by atoms with Gasteiger partial charge in [-0.3, -0.25) is 14.7 Å². The van der Waals surface area contributed by atoms with Gasteiger partial charge in [-0.1, -0.05) is 0 Å². The minimum absolute atomic E-state index is 0.0718. The van der Waals surface area contributed by atoms with E-state index in [4.69, 9.17) is 0 Å². The standard InChI is InChI=1S/C18H15N3O3/c22-13-6-4-12(5-7-13)19-18(24)11-3-8-14-15(9-11)20-21-16(14)17(23)10-1-2-10/h3-10,22H,1-2H2,(H,19,24)(H,20,21). The number of anilines is 1. The molecular formula is C18H15N3O3. The molecule has 6 nitrogen and oxygen atoms in total. The number of hydrogen-bond acceptors (Lipinski definition) is 4. The first kappa shape index (κ1) is 14.4. The molecule has 1 fully saturated rings. The van der Waals surface area contributed by atoms with E-state index in [1.54, 1.807) is 30.3 Å². The zero-order valence-corrected chi connectivity index (χ0v) is 12.7. The molecule has 0 spiro atoms. The van der Waals surface area contributed by atoms with E-state index in [2.05, 4.69) is 15.5 Å². The van der Waals surface area contributed by atoms with Crippen LogP contribution in [0.4, 0.5) is 5.69 Å². The highest BCUT2D eigenvalue weighted by molar-refractivity contribution is 6.10. The minimum Gasteiger partial charge on any atom is -0.508 e. The maximum Gasteiger partial charge on any atom is 0.255 e. The van der Waals surface area contributed by atoms with Crippen molar-refractivity contribution in [3.63, 3.8) is 0 Å². The lowest BCUT2D eigenvalue weighted by Gasteiger charge is -2.05. The van der Waals surface area contributed by atoms with E-state index in [0.29, 0.717) is 22.5 Å². The van der Waals surface area contributed by atoms with E-state index < -0.39 is 0 Å². The van der Waals surface area contributed by atoms with Crippen molar-refractivity contribution < 1.29 is 14.7 Å². The van der Waals surface area contributed by atoms with Crippen LogP contribution in [0.15, 0.2) is 42.5 Å². The van der Waals surface area contributed by atoms with Gasteiger partial charge in [0.2, 0.25) is 0 Å². The molecule has 0 aliphatic heterocycles. The van der Waals surface area contributed by atoms with Crippen LogP contribution >= 0.6 is 0 Å². The molecule has 1 saturated carbocycles. The van der Waals surface area contributed by atoms with E-state index in [0.717, 1.165) is 18.2 Å². The molecule has 2 aromatic carbocycles. The number of hydrogen-bond donors (Lipinski definition) is 3. The molecule has 0 bridgehead atoms. The molecule has 0 atom stereocenters. The number of phenolic OH excluding ortho intramolecular Hbond substituents is 1. The van der Waals surface area contributed by atoms with Gasteiger partial charge in [0, 0.05) is 22.6 Å². The number of Topliss-reactive ketones (excluding diaryl/α,β-unsaturated/α-hetero) is 1. The second kappa shape index (κ2) is 5.49. The van der Waals surface area contributed by atoms with Crippen molar-refractivity contribution in [2.45, 2.75) is 12.8 Å². The second-order valence-electron chi connectivity index (χ2n) is 5.97. The molecule has 0 unspecified atom stereocenters. The zero-order chi connectivity index (χ0) is 16.7. The van der Waals surface area contributed by atoms with E-state index in [-0.39, 0.29) is 23.4 Å². The fourth-order valence-corrected chi connectivity index (χ4v) is 2.64. The number of aromatic hydroxyl groups is 1. The number of phenols is 1. The lowest BCUT2D eigenvalue weighted by Crippen LogP contribution is -2.11. The van der Waals surface area contributed by atoms with Gasteiger partial charge < -0.3 is 10.4 Å². The molecule has 0 radical (unpaired) electrons. The number of aromatic nitrogens is 2. The first-order valence-corrected chi connectivity index (χ1v) is 7.74. The highest BCUT2D eigenvalue weighted by Crippen LogP contribution is 2.34. The Morgan fingerprint density at radius 3 is 2.58 bits per heavy atom. The van der Waals surface area contributed by atoms with Crippen LogP contribution < -0.4 is 5.32 Å². The average Bonchev–Trinajstić information content (AvgIpc) is 3.35. The number of carbonyl (C=O) groups excluding carboxylic acids is 2. The van der Waals surface area contributed by atoms with Crippen molar-refractivity contribution in [2.24, 2.45) is 5.92 Å². The van der Waals surface area contributed by atoms with E-state index >= 15 is 0 Å². The number of nitrogens with zero attached hydrogens (tertiary/aromatic N) is 1. The molecule has 24 heavy (non-hydrogen) atoms. The summed E-state index contributed by atoms with van der Waals surface area (Å²) in [5.74, 6) is 0.0449. The fraction of sp³-hybridized carbons (Fsp3) is 0.167. The Hall–Kier alpha value is -3.15. The smallest absolute Gasteiger partial charge is 0.255 e. The third-order valence-corrected chi connectivity index (χ3v) is 4.13. The van der Waals surface area contributed by atoms with Gasteiger partial charge in [0.05, 0.1) is 5.52 Å². The average molecular weight is 321 g/mol. The molecule has 1 heterocycles. The first-order chi connectivity index (χ1) is 11.6. The number of fused-ring (bicyclic) bond motifs is 1. The van der Waals surface area contributed by atoms with Crippen LogP contribution in [-0.4, -0.2) is 27.0 Å². The molecule has 1 aliphatic carbocycles. The van der Waals surface area contributed by atoms with Crippen LogP contribution in [0.25, 0.3) is 10.9 Å². The molecule has 120 valence electrons. The predicted octanol–water partition coefficient (Wildman–Crippen LogP) is 3.11. The van der Waals surface area contributed by atoms with Crippen molar-refractivity contribution in [3.8, 4) is 5.75 Å². The summed E-state index contributed by atoms with van der Waals surface area (Å²) in [6.45, 7) is 0. The Labute approximate surface area is 137 Å². The van der Waals surface area contributed by atoms with Crippen molar-refractivity contribution in [2.75, 3.05) is 5.32 Å². The van der Waals surface area contributed by atoms with Crippen LogP contribution in [0.3, 0.4) is 0 Å². The number of amides is 1. The predicted molar refractivity (Wildman–Crippen MR) is 89.2 cm³/mol. The number of H-pyrrole nitrogens is 1. The molecule has 0 saturated heterocycles. The third kappa shape index (κ3) is 2.62. The molecule has 1 aromatic heterocycles. The summed E-state index contributed by atoms with van der Waals surface area (Å²) in [5, 5.41) is 19.7. The highest BCUT2D eigenvalue weighted by atomic mass is 16.3. The van der Waals surface area contributed by atoms with Crippen LogP contribution in [0.2, 0.25) is 0 Å². The SMILES string of the molecule is O=C(Nc1ccc(O)cc1)c1ccc2c(C(=O)C3CC3)n[nH]c2c1. The Kier molecular flexibility index (Phi) is 3.30. The van der Waals surface area contributed by atoms with E-state index in [1.807, 2.05) is 0 Å². The largest absolute Gasteiger partial charge is 0.508 e. The number of ketones is 1. The van der Waals surface area contributed by atoms with Gasteiger partial charge in [-0.05, 0) is 55.3 Å². The Bertz CT molecular complexity index is 940. The summed E-state index contributed by atoms with van der Waals surface area (Å²) < 4.78 is 0. The van der Waals surface area contributed by atoms with Crippen LogP contribution in [-0.2, 0) is 0 Å². The van der Waals surface area contributed by atoms with Crippen molar-refractivity contribution in [1.29, 1.82) is 0 Å². The number of rotatable bonds is 4. The summed E-state index contributed by atoms with van der Waals surface area (Å²) >= 11 is 0. The van der Waals surface area contributed by atoms with Crippen LogP contribution in [0.5, 0.6) is 5.75 Å². The number of benzene rings is 2. The topological polar surface area (TPSA) is 95.1 Å². The van der Waals surface area contributed by atoms with Gasteiger partial charge in [0.15, 0.2) is 5.78 Å². The summed E-state index contributed by atoms with van der Waals surface area (Å²) in [7, 11) is 0. The molecule has 3 N–H and O–H groups in total. The van der Waals surface area contributed by atoms with E-state index in [1.165, 1.54) is 12.1 Å². The molecule has 4 rings (SSSR count). The Morgan fingerprint density at radius 1 is 1.12 bits per heavy atom. The normalized spacial score (nSPS) is 13.8. The number of nitrogens with one attached hydrogen (secondary N) is 2. The maximum atomic E-state index is 12.3. The monoisotopic (exact) mass is 321 g/mol. The summed E-state index contributed by atoms with van der Waals surface area (Å²) in [6, 6.07) is 11.4. The second-order valence-corrected chi connectivity index (χ2v) is 5.97. The van der Waals surface area contributed by atoms with Gasteiger partial charge >= 0.3 is 0 Å². The Balaban J connectivity index is 1.59. The minimum atomic E-state index is -0.271. The van der Waals surface area contributed by atoms with Crippen LogP contribution in [0, 0.1) is 5.92 Å². The number of aromatic amines is 1. The lowest BCUT2D eigenvalue weighted by molar-refractivity contribution is 0.0963. The van der Waals surface area contributed by atoms with Gasteiger partial charge in [-0.2, -0.15) is 5.10 Å². The van der Waals surface area contributed by atoms with Gasteiger partial charge in [-0.25, -0.2) is 0 Å². The van der Waals surface area contributed by atoms with Gasteiger partial charge in [-0.15, -0.1) is 0 Å². The lowest BCUT2D eigenvalue weighted by atomic mass is 10.1. The van der Waals surface area contributed by atoms with Gasteiger partial charge in [0.25, 0.3) is 5.91 Å². The van der Waals surface area contributed by atoms with Crippen molar-refractivity contribution in [3.05, 3.63) is 53.7 Å². The first-order valence-electron chi connectivity index (χ1n) is 7.74. The summed E-state index contributed by atoms with van der Waals surface area (Å²) in [4.78, 5) is 24.5. The Morgan fingerprint density at radius 2 is 1.88 bits per heavy atom. The summed E-state index contributed by atoms with van der Waals surface area (Å²) in [6.07, 6.45) is 1.86. The summed E-state index contributed by atoms with van der Waals surface area (Å²) in [5.41, 5.74) is 2.17. The van der Waals surface area contributed by atoms with Gasteiger partial charge in [0.1, 0.15) is 11.4 Å². The molecule has 1 amide bonds. The molecule has 3 aromatic rings. The quantitative estimate of drug-likeness (QED) is 0.508. The van der Waals surface area contributed by atoms with Crippen LogP contribution in [0.1, 0.15) is 33.7 Å². The molecule has 6 heteroatoms. The highest BCUT2D eigenvalue weighted by Gasteiger charge is 2.32. The zero-order valence-electron chi connectivity index (χ0n) is 12.7.